The molecule has 4 heteroatoms. The van der Waals surface area contributed by atoms with E-state index in [4.69, 9.17) is 0 Å². The van der Waals surface area contributed by atoms with E-state index in [-0.39, 0.29) is 0 Å². The Labute approximate surface area is 249 Å². The highest BCUT2D eigenvalue weighted by atomic mass is 32.2. The van der Waals surface area contributed by atoms with Crippen LogP contribution in [-0.2, 0) is 0 Å². The molecule has 6 aromatic carbocycles. The SMILES string of the molecule is Cc1ccc(Sc2ccc3cc4c(cc3c2)sc2c3cc5ccc(Sc6ccc(C)cc6)cc5cc3sc42)cc1. The fraction of sp³-hybridized carbons (Fsp3) is 0.0556. The molecule has 0 aliphatic rings. The molecule has 0 spiro atoms. The van der Waals surface area contributed by atoms with Gasteiger partial charge in [0, 0.05) is 39.8 Å². The lowest BCUT2D eigenvalue weighted by molar-refractivity contribution is 1.37. The van der Waals surface area contributed by atoms with Crippen molar-refractivity contribution in [3.63, 3.8) is 0 Å². The summed E-state index contributed by atoms with van der Waals surface area (Å²) >= 11 is 7.54. The minimum Gasteiger partial charge on any atom is -0.134 e. The number of benzene rings is 6. The zero-order chi connectivity index (χ0) is 26.8. The predicted octanol–water partition coefficient (Wildman–Crippen LogP) is 12.5. The van der Waals surface area contributed by atoms with Gasteiger partial charge in [-0.2, -0.15) is 0 Å². The third-order valence-corrected chi connectivity index (χ3v) is 11.9. The summed E-state index contributed by atoms with van der Waals surface area (Å²) in [6, 6.07) is 40.9. The lowest BCUT2D eigenvalue weighted by atomic mass is 10.1. The van der Waals surface area contributed by atoms with Crippen molar-refractivity contribution in [3.05, 3.63) is 120 Å². The van der Waals surface area contributed by atoms with Crippen molar-refractivity contribution in [3.8, 4) is 0 Å². The Kier molecular flexibility index (Phi) is 5.93. The molecule has 0 fully saturated rings. The number of fused-ring (bicyclic) bond motifs is 7. The lowest BCUT2D eigenvalue weighted by Gasteiger charge is -2.05. The second-order valence-electron chi connectivity index (χ2n) is 10.4. The first-order valence-corrected chi connectivity index (χ1v) is 16.6. The molecule has 8 aromatic rings. The third-order valence-electron chi connectivity index (χ3n) is 7.45. The van der Waals surface area contributed by atoms with E-state index in [1.165, 1.54) is 81.8 Å². The van der Waals surface area contributed by atoms with Gasteiger partial charge in [-0.1, -0.05) is 71.0 Å². The van der Waals surface area contributed by atoms with Gasteiger partial charge in [0.1, 0.15) is 0 Å². The van der Waals surface area contributed by atoms with Crippen molar-refractivity contribution in [2.45, 2.75) is 33.4 Å². The molecule has 0 nitrogen and oxygen atoms in total. The van der Waals surface area contributed by atoms with E-state index in [1.54, 1.807) is 0 Å². The maximum atomic E-state index is 2.40. The van der Waals surface area contributed by atoms with Crippen LogP contribution in [-0.4, -0.2) is 0 Å². The van der Waals surface area contributed by atoms with E-state index in [0.29, 0.717) is 0 Å². The zero-order valence-corrected chi connectivity index (χ0v) is 25.3. The van der Waals surface area contributed by atoms with Gasteiger partial charge in [0.05, 0.1) is 9.40 Å². The van der Waals surface area contributed by atoms with Gasteiger partial charge >= 0.3 is 0 Å². The van der Waals surface area contributed by atoms with Gasteiger partial charge in [0.25, 0.3) is 0 Å². The second-order valence-corrected chi connectivity index (χ2v) is 14.8. The van der Waals surface area contributed by atoms with Crippen LogP contribution in [0.2, 0.25) is 0 Å². The van der Waals surface area contributed by atoms with E-state index in [0.717, 1.165) is 0 Å². The predicted molar refractivity (Wildman–Crippen MR) is 180 cm³/mol. The Morgan fingerprint density at radius 3 is 1.23 bits per heavy atom. The van der Waals surface area contributed by atoms with E-state index in [9.17, 15) is 0 Å². The molecule has 0 aliphatic heterocycles. The Hall–Kier alpha value is -3.28. The van der Waals surface area contributed by atoms with E-state index in [2.05, 4.69) is 123 Å². The van der Waals surface area contributed by atoms with Crippen LogP contribution < -0.4 is 0 Å². The summed E-state index contributed by atoms with van der Waals surface area (Å²) in [5, 5.41) is 8.00. The maximum absolute atomic E-state index is 2.40. The third kappa shape index (κ3) is 4.40. The van der Waals surface area contributed by atoms with E-state index >= 15 is 0 Å². The first kappa shape index (κ1) is 24.5. The average Bonchev–Trinajstić information content (AvgIpc) is 3.48. The summed E-state index contributed by atoms with van der Waals surface area (Å²) in [6.45, 7) is 4.27. The van der Waals surface area contributed by atoms with Gasteiger partial charge in [-0.3, -0.25) is 0 Å². The van der Waals surface area contributed by atoms with Crippen LogP contribution in [0.25, 0.3) is 51.1 Å². The molecule has 0 atom stereocenters. The van der Waals surface area contributed by atoms with Gasteiger partial charge in [-0.15, -0.1) is 22.7 Å². The first-order chi connectivity index (χ1) is 19.6. The van der Waals surface area contributed by atoms with Crippen molar-refractivity contribution in [1.29, 1.82) is 0 Å². The van der Waals surface area contributed by atoms with Gasteiger partial charge in [-0.25, -0.2) is 0 Å². The van der Waals surface area contributed by atoms with Crippen LogP contribution in [0.5, 0.6) is 0 Å². The van der Waals surface area contributed by atoms with Crippen LogP contribution in [0.15, 0.2) is 129 Å². The summed E-state index contributed by atoms with van der Waals surface area (Å²) in [6.07, 6.45) is 0. The normalized spacial score (nSPS) is 11.9. The number of rotatable bonds is 4. The quantitative estimate of drug-likeness (QED) is 0.202. The van der Waals surface area contributed by atoms with Crippen LogP contribution >= 0.6 is 46.2 Å². The van der Waals surface area contributed by atoms with Crippen molar-refractivity contribution in [2.24, 2.45) is 0 Å². The molecule has 0 N–H and O–H groups in total. The smallest absolute Gasteiger partial charge is 0.0542 e. The van der Waals surface area contributed by atoms with Crippen molar-refractivity contribution < 1.29 is 0 Å². The first-order valence-electron chi connectivity index (χ1n) is 13.3. The fourth-order valence-corrected chi connectivity index (χ4v) is 9.74. The van der Waals surface area contributed by atoms with Crippen molar-refractivity contribution in [1.82, 2.24) is 0 Å². The van der Waals surface area contributed by atoms with Crippen molar-refractivity contribution in [2.75, 3.05) is 0 Å². The maximum Gasteiger partial charge on any atom is 0.0542 e. The number of aryl methyl sites for hydroxylation is 2. The molecule has 0 amide bonds. The number of hydrogen-bond donors (Lipinski definition) is 0. The average molecular weight is 585 g/mol. The summed E-state index contributed by atoms with van der Waals surface area (Å²) in [4.78, 5) is 5.13. The lowest BCUT2D eigenvalue weighted by Crippen LogP contribution is -1.78. The molecular weight excluding hydrogens is 561 g/mol. The van der Waals surface area contributed by atoms with Gasteiger partial charge in [0.15, 0.2) is 0 Å². The molecule has 40 heavy (non-hydrogen) atoms. The monoisotopic (exact) mass is 584 g/mol. The molecular formula is C36H24S4. The van der Waals surface area contributed by atoms with Gasteiger partial charge in [-0.05, 0) is 108 Å². The standard InChI is InChI=1S/C36H24S4/c1-21-3-9-27(10-4-21)37-29-13-7-23-17-31-33(19-25(23)15-29)39-36-32-18-24-8-14-30(38-28-11-5-22(2)6-12-28)16-26(24)20-34(32)40-35(31)36/h3-20H,1-2H3. The van der Waals surface area contributed by atoms with E-state index in [1.807, 2.05) is 46.2 Å². The van der Waals surface area contributed by atoms with Crippen LogP contribution in [0, 0.1) is 13.8 Å². The summed E-state index contributed by atoms with van der Waals surface area (Å²) in [7, 11) is 0. The molecule has 0 aliphatic carbocycles. The van der Waals surface area contributed by atoms with Crippen molar-refractivity contribution >= 4 is 97.3 Å². The Bertz CT molecular complexity index is 2050. The molecule has 0 saturated heterocycles. The topological polar surface area (TPSA) is 0 Å². The molecule has 192 valence electrons. The molecule has 8 rings (SSSR count). The van der Waals surface area contributed by atoms with Gasteiger partial charge < -0.3 is 0 Å². The largest absolute Gasteiger partial charge is 0.134 e. The molecule has 2 heterocycles. The minimum absolute atomic E-state index is 1.28. The molecule has 0 saturated carbocycles. The highest BCUT2D eigenvalue weighted by Gasteiger charge is 2.14. The molecule has 0 unspecified atom stereocenters. The Balaban J connectivity index is 1.18. The number of hydrogen-bond acceptors (Lipinski definition) is 4. The second kappa shape index (κ2) is 9.67. The zero-order valence-electron chi connectivity index (χ0n) is 22.0. The minimum atomic E-state index is 1.28. The van der Waals surface area contributed by atoms with Crippen LogP contribution in [0.3, 0.4) is 0 Å². The van der Waals surface area contributed by atoms with Crippen LogP contribution in [0.4, 0.5) is 0 Å². The summed E-state index contributed by atoms with van der Waals surface area (Å²) in [5.74, 6) is 0. The summed E-state index contributed by atoms with van der Waals surface area (Å²) in [5.41, 5.74) is 2.59. The molecule has 0 bridgehead atoms. The number of thiophene rings is 2. The Morgan fingerprint density at radius 2 is 0.800 bits per heavy atom. The fourth-order valence-electron chi connectivity index (χ4n) is 5.31. The van der Waals surface area contributed by atoms with Crippen LogP contribution in [0.1, 0.15) is 11.1 Å². The van der Waals surface area contributed by atoms with E-state index < -0.39 is 0 Å². The highest BCUT2D eigenvalue weighted by molar-refractivity contribution is 7.99. The molecule has 0 radical (unpaired) electrons. The highest BCUT2D eigenvalue weighted by Crippen LogP contribution is 2.47. The van der Waals surface area contributed by atoms with Gasteiger partial charge in [0.2, 0.25) is 0 Å². The Morgan fingerprint density at radius 1 is 0.400 bits per heavy atom. The summed E-state index contributed by atoms with van der Waals surface area (Å²) < 4.78 is 5.58. The molecule has 2 aromatic heterocycles.